The number of hydrogen-bond donors (Lipinski definition) is 0. The fourth-order valence-corrected chi connectivity index (χ4v) is 2.75. The van der Waals surface area contributed by atoms with Crippen molar-refractivity contribution in [3.05, 3.63) is 65.0 Å². The van der Waals surface area contributed by atoms with Gasteiger partial charge in [0.15, 0.2) is 17.4 Å². The number of rotatable bonds is 1. The lowest BCUT2D eigenvalue weighted by molar-refractivity contribution is 0.0976. The van der Waals surface area contributed by atoms with Gasteiger partial charge in [-0.25, -0.2) is 8.78 Å². The van der Waals surface area contributed by atoms with E-state index in [1.807, 2.05) is 19.9 Å². The summed E-state index contributed by atoms with van der Waals surface area (Å²) in [5.41, 5.74) is 1.62. The molecule has 1 aromatic carbocycles. The molecule has 0 bridgehead atoms. The van der Waals surface area contributed by atoms with Crippen LogP contribution < -0.4 is 0 Å². The molecule has 1 aliphatic rings. The molecule has 4 heteroatoms. The number of hydrogen-bond acceptors (Lipinski definition) is 2. The van der Waals surface area contributed by atoms with E-state index in [1.165, 1.54) is 6.07 Å². The molecular formula is C18H19F2NO. The van der Waals surface area contributed by atoms with Gasteiger partial charge in [-0.05, 0) is 42.0 Å². The van der Waals surface area contributed by atoms with E-state index in [2.05, 4.69) is 4.98 Å². The lowest BCUT2D eigenvalue weighted by atomic mass is 9.90. The average Bonchev–Trinajstić information content (AvgIpc) is 2.72. The van der Waals surface area contributed by atoms with Crippen LogP contribution in [0.25, 0.3) is 0 Å². The Morgan fingerprint density at radius 1 is 1.14 bits per heavy atom. The first-order valence-electron chi connectivity index (χ1n) is 7.58. The molecule has 3 rings (SSSR count). The third-order valence-corrected chi connectivity index (χ3v) is 3.76. The van der Waals surface area contributed by atoms with Crippen LogP contribution in [0.2, 0.25) is 0 Å². The maximum Gasteiger partial charge on any atom is 0.181 e. The molecule has 0 saturated carbocycles. The fourth-order valence-electron chi connectivity index (χ4n) is 2.75. The standard InChI is InChI=1S/C16H13F2NO.C2H6/c17-13-5-1-4-12(15(13)18)10-6-7-14(20)16-11(9-10)3-2-8-19-16;1-2/h1-5,8,10H,6-7,9H2;1-2H3/t10-;/m1./s1. The quantitative estimate of drug-likeness (QED) is 0.715. The summed E-state index contributed by atoms with van der Waals surface area (Å²) in [6, 6.07) is 7.79. The third-order valence-electron chi connectivity index (χ3n) is 3.76. The molecule has 116 valence electrons. The molecule has 0 aliphatic heterocycles. The lowest BCUT2D eigenvalue weighted by Crippen LogP contribution is -2.06. The van der Waals surface area contributed by atoms with Gasteiger partial charge in [-0.1, -0.05) is 32.0 Å². The fraction of sp³-hybridized carbons (Fsp3) is 0.333. The number of fused-ring (bicyclic) bond motifs is 1. The van der Waals surface area contributed by atoms with E-state index in [-0.39, 0.29) is 11.7 Å². The molecular weight excluding hydrogens is 284 g/mol. The highest BCUT2D eigenvalue weighted by atomic mass is 19.2. The molecule has 1 aliphatic carbocycles. The highest BCUT2D eigenvalue weighted by molar-refractivity contribution is 5.96. The molecule has 1 heterocycles. The van der Waals surface area contributed by atoms with Gasteiger partial charge in [0.2, 0.25) is 0 Å². The Morgan fingerprint density at radius 3 is 2.68 bits per heavy atom. The monoisotopic (exact) mass is 303 g/mol. The second kappa shape index (κ2) is 7.25. The minimum absolute atomic E-state index is 0.0279. The largest absolute Gasteiger partial charge is 0.292 e. The number of ketones is 1. The van der Waals surface area contributed by atoms with Crippen molar-refractivity contribution < 1.29 is 13.6 Å². The zero-order valence-electron chi connectivity index (χ0n) is 12.8. The summed E-state index contributed by atoms with van der Waals surface area (Å²) < 4.78 is 27.3. The highest BCUT2D eigenvalue weighted by Crippen LogP contribution is 2.32. The SMILES string of the molecule is CC.O=C1CC[C@@H](c2cccc(F)c2F)Cc2cccnc21. The number of benzene rings is 1. The van der Waals surface area contributed by atoms with Gasteiger partial charge in [-0.15, -0.1) is 0 Å². The molecule has 0 radical (unpaired) electrons. The lowest BCUT2D eigenvalue weighted by Gasteiger charge is -2.15. The molecule has 2 nitrogen and oxygen atoms in total. The van der Waals surface area contributed by atoms with E-state index in [9.17, 15) is 13.6 Å². The van der Waals surface area contributed by atoms with Crippen molar-refractivity contribution in [2.45, 2.75) is 39.0 Å². The zero-order chi connectivity index (χ0) is 16.1. The van der Waals surface area contributed by atoms with Gasteiger partial charge >= 0.3 is 0 Å². The summed E-state index contributed by atoms with van der Waals surface area (Å²) in [5, 5.41) is 0. The van der Waals surface area contributed by atoms with Gasteiger partial charge in [0.05, 0.1) is 0 Å². The van der Waals surface area contributed by atoms with E-state index in [0.717, 1.165) is 11.6 Å². The predicted molar refractivity (Wildman–Crippen MR) is 82.0 cm³/mol. The van der Waals surface area contributed by atoms with Crippen molar-refractivity contribution in [1.82, 2.24) is 4.98 Å². The van der Waals surface area contributed by atoms with Crippen molar-refractivity contribution in [2.24, 2.45) is 0 Å². The maximum atomic E-state index is 13.9. The molecule has 0 amide bonds. The van der Waals surface area contributed by atoms with Gasteiger partial charge < -0.3 is 0 Å². The number of aromatic nitrogens is 1. The summed E-state index contributed by atoms with van der Waals surface area (Å²) in [4.78, 5) is 16.1. The first-order valence-corrected chi connectivity index (χ1v) is 7.58. The van der Waals surface area contributed by atoms with Crippen molar-refractivity contribution in [3.63, 3.8) is 0 Å². The Hall–Kier alpha value is -2.10. The van der Waals surface area contributed by atoms with Crippen molar-refractivity contribution in [2.75, 3.05) is 0 Å². The molecule has 1 atom stereocenters. The summed E-state index contributed by atoms with van der Waals surface area (Å²) in [5.74, 6) is -1.87. The van der Waals surface area contributed by atoms with Gasteiger partial charge in [0.1, 0.15) is 5.69 Å². The van der Waals surface area contributed by atoms with E-state index in [1.54, 1.807) is 18.3 Å². The van der Waals surface area contributed by atoms with Crippen LogP contribution >= 0.6 is 0 Å². The van der Waals surface area contributed by atoms with Crippen LogP contribution in [0.15, 0.2) is 36.5 Å². The van der Waals surface area contributed by atoms with Crippen LogP contribution in [0.3, 0.4) is 0 Å². The molecule has 0 unspecified atom stereocenters. The Morgan fingerprint density at radius 2 is 1.91 bits per heavy atom. The van der Waals surface area contributed by atoms with Gasteiger partial charge in [-0.3, -0.25) is 9.78 Å². The first kappa shape index (κ1) is 16.3. The summed E-state index contributed by atoms with van der Waals surface area (Å²) in [7, 11) is 0. The van der Waals surface area contributed by atoms with Crippen LogP contribution in [0, 0.1) is 11.6 Å². The molecule has 0 spiro atoms. The summed E-state index contributed by atoms with van der Waals surface area (Å²) in [6.45, 7) is 4.00. The Labute approximate surface area is 129 Å². The Kier molecular flexibility index (Phi) is 5.36. The number of Topliss-reactive ketones (excluding diaryl/α,β-unsaturated/α-hetero) is 1. The Bertz CT molecular complexity index is 670. The molecule has 0 N–H and O–H groups in total. The third kappa shape index (κ3) is 3.21. The number of carbonyl (C=O) groups is 1. The van der Waals surface area contributed by atoms with E-state index in [0.29, 0.717) is 30.5 Å². The minimum atomic E-state index is -0.843. The molecule has 22 heavy (non-hydrogen) atoms. The predicted octanol–water partition coefficient (Wildman–Crippen LogP) is 4.69. The smallest absolute Gasteiger partial charge is 0.181 e. The normalized spacial score (nSPS) is 17.1. The van der Waals surface area contributed by atoms with Crippen LogP contribution in [0.4, 0.5) is 8.78 Å². The Balaban J connectivity index is 0.000000847. The highest BCUT2D eigenvalue weighted by Gasteiger charge is 2.26. The second-order valence-corrected chi connectivity index (χ2v) is 5.02. The number of nitrogens with zero attached hydrogens (tertiary/aromatic N) is 1. The minimum Gasteiger partial charge on any atom is -0.292 e. The van der Waals surface area contributed by atoms with Gasteiger partial charge in [0, 0.05) is 12.6 Å². The van der Waals surface area contributed by atoms with Crippen LogP contribution in [-0.4, -0.2) is 10.8 Å². The number of halogens is 2. The van der Waals surface area contributed by atoms with Crippen molar-refractivity contribution in [1.29, 1.82) is 0 Å². The summed E-state index contributed by atoms with van der Waals surface area (Å²) >= 11 is 0. The number of carbonyl (C=O) groups excluding carboxylic acids is 1. The van der Waals surface area contributed by atoms with Crippen LogP contribution in [-0.2, 0) is 6.42 Å². The topological polar surface area (TPSA) is 30.0 Å². The summed E-state index contributed by atoms with van der Waals surface area (Å²) in [6.07, 6.45) is 2.91. The molecule has 2 aromatic rings. The van der Waals surface area contributed by atoms with E-state index in [4.69, 9.17) is 0 Å². The van der Waals surface area contributed by atoms with E-state index < -0.39 is 11.6 Å². The van der Waals surface area contributed by atoms with Crippen molar-refractivity contribution >= 4 is 5.78 Å². The molecule has 1 aromatic heterocycles. The van der Waals surface area contributed by atoms with Crippen molar-refractivity contribution in [3.8, 4) is 0 Å². The van der Waals surface area contributed by atoms with Gasteiger partial charge in [-0.2, -0.15) is 0 Å². The molecule has 0 saturated heterocycles. The van der Waals surface area contributed by atoms with Crippen LogP contribution in [0.1, 0.15) is 54.2 Å². The average molecular weight is 303 g/mol. The zero-order valence-corrected chi connectivity index (χ0v) is 12.8. The number of pyridine rings is 1. The second-order valence-electron chi connectivity index (χ2n) is 5.02. The first-order chi connectivity index (χ1) is 10.7. The van der Waals surface area contributed by atoms with Crippen LogP contribution in [0.5, 0.6) is 0 Å². The molecule has 0 fully saturated rings. The van der Waals surface area contributed by atoms with Gasteiger partial charge in [0.25, 0.3) is 0 Å². The maximum absolute atomic E-state index is 13.9. The van der Waals surface area contributed by atoms with E-state index >= 15 is 0 Å².